The van der Waals surface area contributed by atoms with Gasteiger partial charge in [0, 0.05) is 32.8 Å². The van der Waals surface area contributed by atoms with Crippen LogP contribution < -0.4 is 5.32 Å². The van der Waals surface area contributed by atoms with Gasteiger partial charge in [-0.1, -0.05) is 12.1 Å². The maximum absolute atomic E-state index is 12.3. The van der Waals surface area contributed by atoms with Crippen molar-refractivity contribution in [1.82, 2.24) is 10.2 Å². The molecule has 2 aliphatic rings. The molecular formula is C18H23N3O2. The zero-order valence-electron chi connectivity index (χ0n) is 13.3. The van der Waals surface area contributed by atoms with Crippen LogP contribution in [0.4, 0.5) is 4.79 Å². The van der Waals surface area contributed by atoms with Crippen molar-refractivity contribution in [2.45, 2.75) is 19.3 Å². The Morgan fingerprint density at radius 2 is 2.30 bits per heavy atom. The normalized spacial score (nSPS) is 23.7. The van der Waals surface area contributed by atoms with Crippen molar-refractivity contribution in [1.29, 1.82) is 5.26 Å². The molecule has 0 bridgehead atoms. The highest BCUT2D eigenvalue weighted by Gasteiger charge is 2.33. The zero-order chi connectivity index (χ0) is 16.1. The first-order chi connectivity index (χ1) is 11.3. The van der Waals surface area contributed by atoms with E-state index < -0.39 is 0 Å². The summed E-state index contributed by atoms with van der Waals surface area (Å²) >= 11 is 0. The van der Waals surface area contributed by atoms with E-state index in [0.29, 0.717) is 23.9 Å². The van der Waals surface area contributed by atoms with Crippen LogP contribution in [0, 0.1) is 23.2 Å². The molecule has 5 nitrogen and oxygen atoms in total. The Hall–Kier alpha value is -2.06. The van der Waals surface area contributed by atoms with Crippen molar-refractivity contribution in [2.75, 3.05) is 32.8 Å². The van der Waals surface area contributed by atoms with Crippen molar-refractivity contribution in [3.63, 3.8) is 0 Å². The molecule has 2 saturated heterocycles. The van der Waals surface area contributed by atoms with Gasteiger partial charge in [0.15, 0.2) is 0 Å². The summed E-state index contributed by atoms with van der Waals surface area (Å²) in [5.74, 6) is 1.22. The number of nitrogens with one attached hydrogen (secondary N) is 1. The second kappa shape index (κ2) is 7.47. The lowest BCUT2D eigenvalue weighted by Crippen LogP contribution is -2.39. The van der Waals surface area contributed by atoms with E-state index in [1.54, 1.807) is 6.07 Å². The van der Waals surface area contributed by atoms with Gasteiger partial charge in [-0.2, -0.15) is 5.26 Å². The molecule has 0 radical (unpaired) electrons. The summed E-state index contributed by atoms with van der Waals surface area (Å²) in [5, 5.41) is 11.9. The minimum Gasteiger partial charge on any atom is -0.381 e. The van der Waals surface area contributed by atoms with Gasteiger partial charge in [0.1, 0.15) is 0 Å². The highest BCUT2D eigenvalue weighted by Crippen LogP contribution is 2.29. The summed E-state index contributed by atoms with van der Waals surface area (Å²) in [6.07, 6.45) is 2.97. The van der Waals surface area contributed by atoms with E-state index in [2.05, 4.69) is 11.4 Å². The predicted molar refractivity (Wildman–Crippen MR) is 86.9 cm³/mol. The molecule has 1 aromatic rings. The summed E-state index contributed by atoms with van der Waals surface area (Å²) in [5.41, 5.74) is 1.74. The molecule has 0 saturated carbocycles. The van der Waals surface area contributed by atoms with Crippen LogP contribution in [0.15, 0.2) is 24.3 Å². The van der Waals surface area contributed by atoms with Crippen LogP contribution in [-0.2, 0) is 11.2 Å². The number of urea groups is 1. The molecule has 2 aliphatic heterocycles. The average molecular weight is 313 g/mol. The van der Waals surface area contributed by atoms with Gasteiger partial charge in [0.25, 0.3) is 0 Å². The highest BCUT2D eigenvalue weighted by atomic mass is 16.5. The fraction of sp³-hybridized carbons (Fsp3) is 0.556. The lowest BCUT2D eigenvalue weighted by atomic mass is 9.91. The van der Waals surface area contributed by atoms with E-state index in [4.69, 9.17) is 10.00 Å². The number of carbonyl (C=O) groups is 1. The minimum atomic E-state index is 0.0304. The summed E-state index contributed by atoms with van der Waals surface area (Å²) in [4.78, 5) is 14.2. The molecule has 0 aromatic heterocycles. The number of likely N-dealkylation sites (tertiary alicyclic amines) is 1. The first-order valence-electron chi connectivity index (χ1n) is 8.36. The maximum Gasteiger partial charge on any atom is 0.317 e. The number of nitriles is 1. The Labute approximate surface area is 137 Å². The van der Waals surface area contributed by atoms with E-state index in [1.807, 2.05) is 23.1 Å². The number of rotatable bonds is 4. The first kappa shape index (κ1) is 15.8. The number of amides is 2. The molecule has 23 heavy (non-hydrogen) atoms. The number of benzene rings is 1. The van der Waals surface area contributed by atoms with E-state index in [1.165, 1.54) is 0 Å². The maximum atomic E-state index is 12.3. The Bertz CT molecular complexity index is 590. The number of carbonyl (C=O) groups excluding carboxylic acids is 1. The van der Waals surface area contributed by atoms with Crippen molar-refractivity contribution in [3.8, 4) is 6.07 Å². The molecule has 2 heterocycles. The van der Waals surface area contributed by atoms with E-state index in [-0.39, 0.29) is 6.03 Å². The minimum absolute atomic E-state index is 0.0304. The van der Waals surface area contributed by atoms with Gasteiger partial charge in [-0.25, -0.2) is 4.79 Å². The van der Waals surface area contributed by atoms with Crippen molar-refractivity contribution in [2.24, 2.45) is 11.8 Å². The number of hydrogen-bond donors (Lipinski definition) is 1. The topological polar surface area (TPSA) is 65.4 Å². The molecule has 1 N–H and O–H groups in total. The SMILES string of the molecule is N#Cc1cccc(CCNC(=O)N2CC[C@H]([C@@H]3CCOC3)C2)c1. The van der Waals surface area contributed by atoms with Crippen LogP contribution in [0.25, 0.3) is 0 Å². The van der Waals surface area contributed by atoms with Crippen LogP contribution in [0.5, 0.6) is 0 Å². The molecule has 122 valence electrons. The predicted octanol–water partition coefficient (Wildman–Crippen LogP) is 2.17. The van der Waals surface area contributed by atoms with Gasteiger partial charge < -0.3 is 15.0 Å². The fourth-order valence-corrected chi connectivity index (χ4v) is 3.50. The Morgan fingerprint density at radius 3 is 3.09 bits per heavy atom. The molecule has 2 atom stereocenters. The quantitative estimate of drug-likeness (QED) is 0.926. The molecule has 3 rings (SSSR count). The van der Waals surface area contributed by atoms with Crippen LogP contribution in [0.3, 0.4) is 0 Å². The largest absolute Gasteiger partial charge is 0.381 e. The summed E-state index contributed by atoms with van der Waals surface area (Å²) < 4.78 is 5.46. The van der Waals surface area contributed by atoms with Crippen LogP contribution >= 0.6 is 0 Å². The molecule has 1 aromatic carbocycles. The van der Waals surface area contributed by atoms with Crippen LogP contribution in [-0.4, -0.2) is 43.8 Å². The Kier molecular flexibility index (Phi) is 5.14. The molecule has 2 amide bonds. The first-order valence-corrected chi connectivity index (χ1v) is 8.36. The fourth-order valence-electron chi connectivity index (χ4n) is 3.50. The molecular weight excluding hydrogens is 290 g/mol. The molecule has 0 spiro atoms. The van der Waals surface area contributed by atoms with Gasteiger partial charge in [-0.15, -0.1) is 0 Å². The third-order valence-electron chi connectivity index (χ3n) is 4.89. The lowest BCUT2D eigenvalue weighted by Gasteiger charge is -2.19. The summed E-state index contributed by atoms with van der Waals surface area (Å²) in [6, 6.07) is 9.70. The van der Waals surface area contributed by atoms with E-state index in [9.17, 15) is 4.79 Å². The van der Waals surface area contributed by atoms with Gasteiger partial charge in [-0.05, 0) is 48.8 Å². The molecule has 0 aliphatic carbocycles. The second-order valence-electron chi connectivity index (χ2n) is 6.41. The number of hydrogen-bond acceptors (Lipinski definition) is 3. The number of ether oxygens (including phenoxy) is 1. The van der Waals surface area contributed by atoms with Gasteiger partial charge in [-0.3, -0.25) is 0 Å². The highest BCUT2D eigenvalue weighted by molar-refractivity contribution is 5.74. The van der Waals surface area contributed by atoms with Crippen molar-refractivity contribution < 1.29 is 9.53 Å². The van der Waals surface area contributed by atoms with Crippen LogP contribution in [0.2, 0.25) is 0 Å². The third-order valence-corrected chi connectivity index (χ3v) is 4.89. The Balaban J connectivity index is 1.42. The lowest BCUT2D eigenvalue weighted by molar-refractivity contribution is 0.170. The molecule has 2 fully saturated rings. The van der Waals surface area contributed by atoms with Crippen molar-refractivity contribution in [3.05, 3.63) is 35.4 Å². The van der Waals surface area contributed by atoms with E-state index in [0.717, 1.165) is 51.1 Å². The zero-order valence-corrected chi connectivity index (χ0v) is 13.3. The number of nitrogens with zero attached hydrogens (tertiary/aromatic N) is 2. The monoisotopic (exact) mass is 313 g/mol. The van der Waals surface area contributed by atoms with Gasteiger partial charge in [0.2, 0.25) is 0 Å². The standard InChI is InChI=1S/C18H23N3O2/c19-11-15-3-1-2-14(10-15)4-7-20-18(22)21-8-5-16(12-21)17-6-9-23-13-17/h1-3,10,16-17H,4-9,12-13H2,(H,20,22)/t16-,17+/m0/s1. The Morgan fingerprint density at radius 1 is 1.39 bits per heavy atom. The molecule has 0 unspecified atom stereocenters. The molecule has 5 heteroatoms. The summed E-state index contributed by atoms with van der Waals surface area (Å²) in [6.45, 7) is 4.02. The average Bonchev–Trinajstić information content (AvgIpc) is 3.26. The second-order valence-corrected chi connectivity index (χ2v) is 6.41. The van der Waals surface area contributed by atoms with E-state index >= 15 is 0 Å². The van der Waals surface area contributed by atoms with Crippen LogP contribution in [0.1, 0.15) is 24.0 Å². The smallest absolute Gasteiger partial charge is 0.317 e. The summed E-state index contributed by atoms with van der Waals surface area (Å²) in [7, 11) is 0. The van der Waals surface area contributed by atoms with Gasteiger partial charge in [0.05, 0.1) is 11.6 Å². The third kappa shape index (κ3) is 4.02. The van der Waals surface area contributed by atoms with Gasteiger partial charge >= 0.3 is 6.03 Å². The van der Waals surface area contributed by atoms with Crippen molar-refractivity contribution >= 4 is 6.03 Å².